The molecule has 0 saturated heterocycles. The molecule has 0 radical (unpaired) electrons. The first-order valence-electron chi connectivity index (χ1n) is 8.26. The number of hydrogen-bond donors (Lipinski definition) is 2. The lowest BCUT2D eigenvalue weighted by Gasteiger charge is -2.11. The first kappa shape index (κ1) is 16.8. The smallest absolute Gasteiger partial charge is 0.411 e. The van der Waals surface area contributed by atoms with Crippen molar-refractivity contribution in [2.45, 2.75) is 26.4 Å². The van der Waals surface area contributed by atoms with Crippen molar-refractivity contribution in [2.24, 2.45) is 0 Å². The Hall–Kier alpha value is -3.08. The predicted octanol–water partition coefficient (Wildman–Crippen LogP) is 4.11. The summed E-state index contributed by atoms with van der Waals surface area (Å²) in [5.41, 5.74) is 4.89. The van der Waals surface area contributed by atoms with Gasteiger partial charge in [-0.2, -0.15) is 5.10 Å². The lowest BCUT2D eigenvalue weighted by Crippen LogP contribution is -2.24. The summed E-state index contributed by atoms with van der Waals surface area (Å²) in [4.78, 5) is 11.9. The topological polar surface area (TPSA) is 67.0 Å². The summed E-state index contributed by atoms with van der Waals surface area (Å²) in [5.74, 6) is 0. The van der Waals surface area contributed by atoms with Gasteiger partial charge < -0.3 is 4.74 Å². The molecule has 3 rings (SSSR count). The number of nitrogens with one attached hydrogen (secondary N) is 2. The van der Waals surface area contributed by atoms with E-state index in [0.717, 1.165) is 28.5 Å². The molecule has 2 aromatic carbocycles. The van der Waals surface area contributed by atoms with E-state index in [1.807, 2.05) is 36.5 Å². The number of allylic oxidation sites excluding steroid dienone is 1. The van der Waals surface area contributed by atoms with Crippen LogP contribution in [0.15, 0.2) is 60.9 Å². The fourth-order valence-corrected chi connectivity index (χ4v) is 2.77. The van der Waals surface area contributed by atoms with Crippen molar-refractivity contribution >= 4 is 17.0 Å². The second-order valence-electron chi connectivity index (χ2n) is 5.91. The zero-order chi connectivity index (χ0) is 17.6. The molecule has 5 heteroatoms. The molecular weight excluding hydrogens is 314 g/mol. The number of amides is 1. The molecular formula is C20H21N3O2. The summed E-state index contributed by atoms with van der Waals surface area (Å²) in [5, 5.41) is 10.9. The molecule has 2 N–H and O–H groups in total. The number of nitrogens with zero attached hydrogens (tertiary/aromatic N) is 1. The predicted molar refractivity (Wildman–Crippen MR) is 98.1 cm³/mol. The highest BCUT2D eigenvalue weighted by atomic mass is 16.5. The van der Waals surface area contributed by atoms with Crippen LogP contribution in [0.5, 0.6) is 0 Å². The fourth-order valence-electron chi connectivity index (χ4n) is 2.77. The number of H-pyrrole nitrogens is 1. The summed E-state index contributed by atoms with van der Waals surface area (Å²) in [6.07, 6.45) is 2.77. The first-order chi connectivity index (χ1) is 12.2. The van der Waals surface area contributed by atoms with Gasteiger partial charge in [0.25, 0.3) is 0 Å². The molecule has 25 heavy (non-hydrogen) atoms. The highest BCUT2D eigenvalue weighted by Gasteiger charge is 2.09. The Morgan fingerprint density at radius 2 is 2.04 bits per heavy atom. The van der Waals surface area contributed by atoms with Gasteiger partial charge in [-0.15, -0.1) is 0 Å². The van der Waals surface area contributed by atoms with Crippen LogP contribution in [0.4, 0.5) is 4.79 Å². The monoisotopic (exact) mass is 335 g/mol. The van der Waals surface area contributed by atoms with Crippen molar-refractivity contribution in [3.63, 3.8) is 0 Å². The van der Waals surface area contributed by atoms with Gasteiger partial charge in [0.15, 0.2) is 0 Å². The van der Waals surface area contributed by atoms with E-state index in [-0.39, 0.29) is 6.61 Å². The van der Waals surface area contributed by atoms with Crippen LogP contribution in [0.3, 0.4) is 0 Å². The van der Waals surface area contributed by atoms with E-state index in [4.69, 9.17) is 4.74 Å². The normalized spacial score (nSPS) is 10.6. The Morgan fingerprint density at radius 1 is 1.24 bits per heavy atom. The van der Waals surface area contributed by atoms with E-state index in [0.29, 0.717) is 12.1 Å². The van der Waals surface area contributed by atoms with Crippen LogP contribution in [-0.4, -0.2) is 16.3 Å². The van der Waals surface area contributed by atoms with Crippen LogP contribution in [0.25, 0.3) is 10.9 Å². The minimum absolute atomic E-state index is 0.237. The highest BCUT2D eigenvalue weighted by molar-refractivity contribution is 5.82. The van der Waals surface area contributed by atoms with Crippen LogP contribution in [-0.2, 0) is 24.2 Å². The van der Waals surface area contributed by atoms with Gasteiger partial charge in [0, 0.05) is 17.5 Å². The maximum Gasteiger partial charge on any atom is 0.411 e. The first-order valence-corrected chi connectivity index (χ1v) is 8.26. The summed E-state index contributed by atoms with van der Waals surface area (Å²) in [7, 11) is 0. The third-order valence-electron chi connectivity index (χ3n) is 3.98. The highest BCUT2D eigenvalue weighted by Crippen LogP contribution is 2.20. The third kappa shape index (κ3) is 4.26. The van der Waals surface area contributed by atoms with Gasteiger partial charge in [-0.25, -0.2) is 4.79 Å². The van der Waals surface area contributed by atoms with Crippen LogP contribution in [0.2, 0.25) is 0 Å². The molecule has 0 unspecified atom stereocenters. The average molecular weight is 335 g/mol. The SMILES string of the molecule is C=C(Cc1cc(CC)c2[nH]ncc2c1)NC(=O)OCc1ccccc1. The van der Waals surface area contributed by atoms with Gasteiger partial charge in [0.2, 0.25) is 0 Å². The number of carbonyl (C=O) groups excluding carboxylic acids is 1. The van der Waals surface area contributed by atoms with Crippen LogP contribution < -0.4 is 5.32 Å². The standard InChI is InChI=1S/C20H21N3O2/c1-3-17-10-16(11-18-12-21-23-19(17)18)9-14(2)22-20(24)25-13-15-7-5-4-6-8-15/h4-8,10-12H,2-3,9,13H2,1H3,(H,21,23)(H,22,24). The van der Waals surface area contributed by atoms with Crippen LogP contribution >= 0.6 is 0 Å². The van der Waals surface area contributed by atoms with Crippen molar-refractivity contribution in [2.75, 3.05) is 0 Å². The van der Waals surface area contributed by atoms with Crippen molar-refractivity contribution in [1.82, 2.24) is 15.5 Å². The van der Waals surface area contributed by atoms with E-state index in [1.165, 1.54) is 5.56 Å². The number of benzene rings is 2. The quantitative estimate of drug-likeness (QED) is 0.712. The zero-order valence-corrected chi connectivity index (χ0v) is 14.2. The summed E-state index contributed by atoms with van der Waals surface area (Å²) >= 11 is 0. The van der Waals surface area contributed by atoms with Crippen molar-refractivity contribution in [3.8, 4) is 0 Å². The molecule has 0 bridgehead atoms. The number of alkyl carbamates (subject to hydrolysis) is 1. The van der Waals surface area contributed by atoms with E-state index in [1.54, 1.807) is 0 Å². The second kappa shape index (κ2) is 7.66. The van der Waals surface area contributed by atoms with Crippen LogP contribution in [0, 0.1) is 0 Å². The molecule has 0 saturated carbocycles. The molecule has 0 aliphatic heterocycles. The minimum Gasteiger partial charge on any atom is -0.444 e. The molecule has 1 amide bonds. The second-order valence-corrected chi connectivity index (χ2v) is 5.91. The Kier molecular flexibility index (Phi) is 5.14. The number of fused-ring (bicyclic) bond motifs is 1. The van der Waals surface area contributed by atoms with E-state index < -0.39 is 6.09 Å². The Bertz CT molecular complexity index is 884. The minimum atomic E-state index is -0.492. The average Bonchev–Trinajstić information content (AvgIpc) is 3.08. The number of carbonyl (C=O) groups is 1. The zero-order valence-electron chi connectivity index (χ0n) is 14.2. The number of aromatic amines is 1. The Balaban J connectivity index is 1.57. The molecule has 3 aromatic rings. The molecule has 0 spiro atoms. The van der Waals surface area contributed by atoms with Gasteiger partial charge >= 0.3 is 6.09 Å². The molecule has 0 fully saturated rings. The van der Waals surface area contributed by atoms with E-state index >= 15 is 0 Å². The van der Waals surface area contributed by atoms with Crippen molar-refractivity contribution in [3.05, 3.63) is 77.6 Å². The fraction of sp³-hybridized carbons (Fsp3) is 0.200. The lowest BCUT2D eigenvalue weighted by molar-refractivity contribution is 0.142. The number of aromatic nitrogens is 2. The molecule has 0 aliphatic rings. The number of hydrogen-bond acceptors (Lipinski definition) is 3. The van der Waals surface area contributed by atoms with Gasteiger partial charge in [-0.1, -0.05) is 49.9 Å². The van der Waals surface area contributed by atoms with E-state index in [9.17, 15) is 4.79 Å². The number of aryl methyl sites for hydroxylation is 1. The lowest BCUT2D eigenvalue weighted by atomic mass is 10.0. The largest absolute Gasteiger partial charge is 0.444 e. The summed E-state index contributed by atoms with van der Waals surface area (Å²) < 4.78 is 5.21. The number of ether oxygens (including phenoxy) is 1. The summed E-state index contributed by atoms with van der Waals surface area (Å²) in [6, 6.07) is 13.7. The van der Waals surface area contributed by atoms with Crippen molar-refractivity contribution < 1.29 is 9.53 Å². The van der Waals surface area contributed by atoms with Gasteiger partial charge in [0.1, 0.15) is 6.61 Å². The van der Waals surface area contributed by atoms with Crippen molar-refractivity contribution in [1.29, 1.82) is 0 Å². The molecule has 128 valence electrons. The van der Waals surface area contributed by atoms with Gasteiger partial charge in [0.05, 0.1) is 11.7 Å². The van der Waals surface area contributed by atoms with Gasteiger partial charge in [-0.3, -0.25) is 10.4 Å². The van der Waals surface area contributed by atoms with Gasteiger partial charge in [-0.05, 0) is 29.2 Å². The molecule has 0 atom stereocenters. The third-order valence-corrected chi connectivity index (χ3v) is 3.98. The maximum absolute atomic E-state index is 11.9. The Morgan fingerprint density at radius 3 is 2.80 bits per heavy atom. The van der Waals surface area contributed by atoms with E-state index in [2.05, 4.69) is 41.1 Å². The van der Waals surface area contributed by atoms with Crippen LogP contribution in [0.1, 0.15) is 23.6 Å². The summed E-state index contributed by atoms with van der Waals surface area (Å²) in [6.45, 7) is 6.27. The molecule has 1 heterocycles. The maximum atomic E-state index is 11.9. The molecule has 5 nitrogen and oxygen atoms in total. The molecule has 1 aromatic heterocycles. The Labute approximate surface area is 146 Å². The number of rotatable bonds is 6. The molecule has 0 aliphatic carbocycles.